The summed E-state index contributed by atoms with van der Waals surface area (Å²) in [4.78, 5) is 15.4. The molecule has 0 saturated carbocycles. The van der Waals surface area contributed by atoms with Crippen LogP contribution >= 0.6 is 15.9 Å². The van der Waals surface area contributed by atoms with E-state index in [2.05, 4.69) is 28.0 Å². The van der Waals surface area contributed by atoms with Gasteiger partial charge in [-0.1, -0.05) is 6.92 Å². The van der Waals surface area contributed by atoms with Crippen molar-refractivity contribution in [3.63, 3.8) is 0 Å². The van der Waals surface area contributed by atoms with Gasteiger partial charge < -0.3 is 9.80 Å². The molecule has 0 unspecified atom stereocenters. The largest absolute Gasteiger partial charge is 0.326 e. The second kappa shape index (κ2) is 4.68. The molecule has 1 aromatic heterocycles. The highest BCUT2D eigenvalue weighted by Crippen LogP contribution is 2.24. The van der Waals surface area contributed by atoms with E-state index in [1.807, 2.05) is 23.7 Å². The minimum Gasteiger partial charge on any atom is -0.326 e. The van der Waals surface area contributed by atoms with E-state index in [1.165, 1.54) is 0 Å². The van der Waals surface area contributed by atoms with Gasteiger partial charge in [0.1, 0.15) is 0 Å². The Labute approximate surface area is 110 Å². The zero-order valence-electron chi connectivity index (χ0n) is 10.4. The number of carbonyl (C=O) groups is 1. The predicted molar refractivity (Wildman–Crippen MR) is 68.7 cm³/mol. The Morgan fingerprint density at radius 3 is 2.53 bits per heavy atom. The van der Waals surface area contributed by atoms with Crippen molar-refractivity contribution >= 4 is 22.0 Å². The molecule has 94 valence electrons. The molecule has 2 amide bonds. The van der Waals surface area contributed by atoms with Crippen LogP contribution in [0.25, 0.3) is 0 Å². The van der Waals surface area contributed by atoms with Gasteiger partial charge in [0.25, 0.3) is 0 Å². The molecule has 0 N–H and O–H groups in total. The third-order valence-electron chi connectivity index (χ3n) is 3.15. The number of nitrogens with zero attached hydrogens (tertiary/aromatic N) is 4. The van der Waals surface area contributed by atoms with Gasteiger partial charge in [-0.3, -0.25) is 4.68 Å². The van der Waals surface area contributed by atoms with Gasteiger partial charge in [-0.15, -0.1) is 0 Å². The molecule has 0 radical (unpaired) electrons. The topological polar surface area (TPSA) is 41.4 Å². The Hall–Kier alpha value is -1.04. The normalized spacial score (nSPS) is 16.1. The van der Waals surface area contributed by atoms with E-state index in [0.29, 0.717) is 6.54 Å². The molecule has 1 saturated heterocycles. The van der Waals surface area contributed by atoms with Crippen LogP contribution in [0.2, 0.25) is 0 Å². The van der Waals surface area contributed by atoms with Crippen LogP contribution in [-0.2, 0) is 20.0 Å². The fourth-order valence-corrected chi connectivity index (χ4v) is 2.76. The maximum absolute atomic E-state index is 11.8. The van der Waals surface area contributed by atoms with Crippen molar-refractivity contribution in [2.45, 2.75) is 19.9 Å². The molecule has 1 aliphatic heterocycles. The lowest BCUT2D eigenvalue weighted by Crippen LogP contribution is -2.29. The van der Waals surface area contributed by atoms with Crippen LogP contribution in [-0.4, -0.2) is 45.7 Å². The summed E-state index contributed by atoms with van der Waals surface area (Å²) in [7, 11) is 3.75. The van der Waals surface area contributed by atoms with Gasteiger partial charge in [-0.05, 0) is 22.4 Å². The number of hydrogen-bond acceptors (Lipinski definition) is 2. The van der Waals surface area contributed by atoms with E-state index in [-0.39, 0.29) is 6.03 Å². The molecule has 2 rings (SSSR count). The van der Waals surface area contributed by atoms with Gasteiger partial charge in [0.05, 0.1) is 22.4 Å². The predicted octanol–water partition coefficient (Wildman–Crippen LogP) is 1.61. The number of urea groups is 1. The number of likely N-dealkylation sites (N-methyl/N-ethyl adjacent to an activating group) is 1. The van der Waals surface area contributed by atoms with Gasteiger partial charge in [0, 0.05) is 27.2 Å². The lowest BCUT2D eigenvalue weighted by molar-refractivity contribution is 0.196. The lowest BCUT2D eigenvalue weighted by atomic mass is 10.3. The van der Waals surface area contributed by atoms with Gasteiger partial charge in [-0.25, -0.2) is 4.79 Å². The van der Waals surface area contributed by atoms with Crippen molar-refractivity contribution < 1.29 is 4.79 Å². The molecule has 6 heteroatoms. The van der Waals surface area contributed by atoms with Crippen molar-refractivity contribution in [3.8, 4) is 0 Å². The minimum atomic E-state index is 0.0937. The van der Waals surface area contributed by atoms with E-state index in [1.54, 1.807) is 4.90 Å². The van der Waals surface area contributed by atoms with Crippen LogP contribution in [0, 0.1) is 0 Å². The van der Waals surface area contributed by atoms with Crippen LogP contribution in [0.5, 0.6) is 0 Å². The zero-order chi connectivity index (χ0) is 12.6. The monoisotopic (exact) mass is 300 g/mol. The van der Waals surface area contributed by atoms with Gasteiger partial charge in [0.15, 0.2) is 0 Å². The van der Waals surface area contributed by atoms with E-state index in [9.17, 15) is 4.79 Å². The van der Waals surface area contributed by atoms with Gasteiger partial charge in [-0.2, -0.15) is 5.10 Å². The average molecular weight is 301 g/mol. The van der Waals surface area contributed by atoms with Gasteiger partial charge >= 0.3 is 6.03 Å². The smallest absolute Gasteiger partial charge is 0.320 e. The van der Waals surface area contributed by atoms with Crippen molar-refractivity contribution in [3.05, 3.63) is 15.9 Å². The summed E-state index contributed by atoms with van der Waals surface area (Å²) >= 11 is 3.57. The summed E-state index contributed by atoms with van der Waals surface area (Å²) in [5, 5.41) is 4.43. The van der Waals surface area contributed by atoms with Crippen molar-refractivity contribution in [2.24, 2.45) is 7.05 Å². The van der Waals surface area contributed by atoms with Crippen molar-refractivity contribution in [1.82, 2.24) is 19.6 Å². The number of aryl methyl sites for hydroxylation is 2. The third-order valence-corrected chi connectivity index (χ3v) is 4.06. The van der Waals surface area contributed by atoms with Crippen LogP contribution in [0.15, 0.2) is 4.47 Å². The molecule has 0 bridgehead atoms. The standard InChI is InChI=1S/C11H17BrN4O/c1-4-8-10(12)9(15(3)13-8)7-16-6-5-14(2)11(16)17/h4-7H2,1-3H3. The average Bonchev–Trinajstić information content (AvgIpc) is 2.76. The molecular weight excluding hydrogens is 284 g/mol. The Balaban J connectivity index is 2.19. The number of amides is 2. The molecule has 5 nitrogen and oxygen atoms in total. The first-order chi connectivity index (χ1) is 8.04. The molecule has 0 aliphatic carbocycles. The summed E-state index contributed by atoms with van der Waals surface area (Å²) < 4.78 is 2.89. The highest BCUT2D eigenvalue weighted by atomic mass is 79.9. The first-order valence-electron chi connectivity index (χ1n) is 5.74. The van der Waals surface area contributed by atoms with Crippen LogP contribution in [0.4, 0.5) is 4.79 Å². The second-order valence-electron chi connectivity index (χ2n) is 4.31. The van der Waals surface area contributed by atoms with E-state index >= 15 is 0 Å². The summed E-state index contributed by atoms with van der Waals surface area (Å²) in [5.41, 5.74) is 2.10. The number of rotatable bonds is 3. The molecule has 0 spiro atoms. The number of hydrogen-bond donors (Lipinski definition) is 0. The molecule has 1 aliphatic rings. The maximum Gasteiger partial charge on any atom is 0.320 e. The number of aromatic nitrogens is 2. The lowest BCUT2D eigenvalue weighted by Gasteiger charge is -2.16. The minimum absolute atomic E-state index is 0.0937. The summed E-state index contributed by atoms with van der Waals surface area (Å²) in [6.45, 7) is 4.28. The molecule has 1 fully saturated rings. The first-order valence-corrected chi connectivity index (χ1v) is 6.54. The third kappa shape index (κ3) is 2.18. The highest BCUT2D eigenvalue weighted by Gasteiger charge is 2.27. The Morgan fingerprint density at radius 2 is 2.06 bits per heavy atom. The summed E-state index contributed by atoms with van der Waals surface area (Å²) in [6, 6.07) is 0.0937. The Bertz CT molecular complexity index is 443. The molecule has 1 aromatic rings. The molecule has 0 aromatic carbocycles. The molecular formula is C11H17BrN4O. The SMILES string of the molecule is CCc1nn(C)c(CN2CCN(C)C2=O)c1Br. The fourth-order valence-electron chi connectivity index (χ4n) is 2.02. The number of carbonyl (C=O) groups excluding carboxylic acids is 1. The second-order valence-corrected chi connectivity index (χ2v) is 5.10. The van der Waals surface area contributed by atoms with E-state index in [0.717, 1.165) is 35.4 Å². The molecule has 0 atom stereocenters. The van der Waals surface area contributed by atoms with Crippen LogP contribution in [0.3, 0.4) is 0 Å². The van der Waals surface area contributed by atoms with E-state index in [4.69, 9.17) is 0 Å². The zero-order valence-corrected chi connectivity index (χ0v) is 12.0. The van der Waals surface area contributed by atoms with Crippen molar-refractivity contribution in [1.29, 1.82) is 0 Å². The Morgan fingerprint density at radius 1 is 1.35 bits per heavy atom. The quantitative estimate of drug-likeness (QED) is 0.851. The summed E-state index contributed by atoms with van der Waals surface area (Å²) in [6.07, 6.45) is 0.891. The van der Waals surface area contributed by atoms with Crippen molar-refractivity contribution in [2.75, 3.05) is 20.1 Å². The maximum atomic E-state index is 11.8. The number of halogens is 1. The van der Waals surface area contributed by atoms with E-state index < -0.39 is 0 Å². The summed E-state index contributed by atoms with van der Waals surface area (Å²) in [5.74, 6) is 0. The van der Waals surface area contributed by atoms with Crippen LogP contribution in [0.1, 0.15) is 18.3 Å². The Kier molecular flexibility index (Phi) is 3.42. The fraction of sp³-hybridized carbons (Fsp3) is 0.636. The highest BCUT2D eigenvalue weighted by molar-refractivity contribution is 9.10. The van der Waals surface area contributed by atoms with Crippen LogP contribution < -0.4 is 0 Å². The van der Waals surface area contributed by atoms with Gasteiger partial charge in [0.2, 0.25) is 0 Å². The molecule has 17 heavy (non-hydrogen) atoms. The first kappa shape index (κ1) is 12.4. The molecule has 2 heterocycles.